The fraction of sp³-hybridized carbons (Fsp3) is 0.455. The number of pyridine rings is 1. The number of hydrogen-bond donors (Lipinski definition) is 0. The number of ether oxygens (including phenoxy) is 1. The SMILES string of the molecule is Clc1ccn2nc(CN3CCOCC3)nc2c1. The first kappa shape index (κ1) is 11.0. The smallest absolute Gasteiger partial charge is 0.165 e. The van der Waals surface area contributed by atoms with Crippen molar-refractivity contribution >= 4 is 17.2 Å². The van der Waals surface area contributed by atoms with E-state index in [1.54, 1.807) is 4.52 Å². The van der Waals surface area contributed by atoms with Crippen molar-refractivity contribution in [3.63, 3.8) is 0 Å². The molecule has 6 heteroatoms. The van der Waals surface area contributed by atoms with Crippen LogP contribution in [-0.2, 0) is 11.3 Å². The van der Waals surface area contributed by atoms with Crippen molar-refractivity contribution in [3.8, 4) is 0 Å². The first-order valence-corrected chi connectivity index (χ1v) is 6.00. The molecule has 0 unspecified atom stereocenters. The fourth-order valence-corrected chi connectivity index (χ4v) is 2.08. The first-order chi connectivity index (χ1) is 8.31. The van der Waals surface area contributed by atoms with Crippen LogP contribution >= 0.6 is 11.6 Å². The molecule has 0 amide bonds. The van der Waals surface area contributed by atoms with Gasteiger partial charge in [0.05, 0.1) is 19.8 Å². The third kappa shape index (κ3) is 2.41. The van der Waals surface area contributed by atoms with Crippen molar-refractivity contribution in [1.82, 2.24) is 19.5 Å². The molecular weight excluding hydrogens is 240 g/mol. The van der Waals surface area contributed by atoms with Gasteiger partial charge in [0.1, 0.15) is 0 Å². The van der Waals surface area contributed by atoms with Crippen molar-refractivity contribution in [2.24, 2.45) is 0 Å². The van der Waals surface area contributed by atoms with Gasteiger partial charge in [-0.2, -0.15) is 0 Å². The molecule has 0 aliphatic carbocycles. The third-order valence-corrected chi connectivity index (χ3v) is 3.05. The highest BCUT2D eigenvalue weighted by atomic mass is 35.5. The van der Waals surface area contributed by atoms with E-state index in [1.807, 2.05) is 18.3 Å². The van der Waals surface area contributed by atoms with Gasteiger partial charge >= 0.3 is 0 Å². The molecule has 2 aromatic heterocycles. The lowest BCUT2D eigenvalue weighted by Gasteiger charge is -2.25. The summed E-state index contributed by atoms with van der Waals surface area (Å²) in [7, 11) is 0. The number of halogens is 1. The van der Waals surface area contributed by atoms with Gasteiger partial charge in [0.25, 0.3) is 0 Å². The van der Waals surface area contributed by atoms with Crippen molar-refractivity contribution in [1.29, 1.82) is 0 Å². The second-order valence-electron chi connectivity index (χ2n) is 4.06. The van der Waals surface area contributed by atoms with Crippen LogP contribution in [0, 0.1) is 0 Å². The van der Waals surface area contributed by atoms with Gasteiger partial charge in [-0.3, -0.25) is 4.90 Å². The normalized spacial score (nSPS) is 17.7. The van der Waals surface area contributed by atoms with E-state index in [4.69, 9.17) is 16.3 Å². The van der Waals surface area contributed by atoms with E-state index in [0.717, 1.165) is 44.3 Å². The molecule has 1 aliphatic heterocycles. The molecule has 0 N–H and O–H groups in total. The second-order valence-corrected chi connectivity index (χ2v) is 4.50. The fourth-order valence-electron chi connectivity index (χ4n) is 1.93. The summed E-state index contributed by atoms with van der Waals surface area (Å²) in [6.45, 7) is 4.23. The lowest BCUT2D eigenvalue weighted by molar-refractivity contribution is 0.0331. The highest BCUT2D eigenvalue weighted by Crippen LogP contribution is 2.11. The average Bonchev–Trinajstić information content (AvgIpc) is 2.71. The van der Waals surface area contributed by atoms with Gasteiger partial charge in [0, 0.05) is 30.4 Å². The Kier molecular flexibility index (Phi) is 2.96. The molecule has 0 radical (unpaired) electrons. The molecule has 0 atom stereocenters. The van der Waals surface area contributed by atoms with E-state index in [2.05, 4.69) is 15.0 Å². The van der Waals surface area contributed by atoms with Crippen molar-refractivity contribution in [3.05, 3.63) is 29.2 Å². The summed E-state index contributed by atoms with van der Waals surface area (Å²) >= 11 is 5.91. The van der Waals surface area contributed by atoms with Gasteiger partial charge in [-0.1, -0.05) is 11.6 Å². The van der Waals surface area contributed by atoms with Gasteiger partial charge in [-0.25, -0.2) is 9.50 Å². The summed E-state index contributed by atoms with van der Waals surface area (Å²) in [5, 5.41) is 5.10. The van der Waals surface area contributed by atoms with E-state index in [1.165, 1.54) is 0 Å². The van der Waals surface area contributed by atoms with Gasteiger partial charge in [0.15, 0.2) is 11.5 Å². The van der Waals surface area contributed by atoms with Crippen LogP contribution in [0.15, 0.2) is 18.3 Å². The molecule has 3 heterocycles. The Bertz CT molecular complexity index is 521. The number of aromatic nitrogens is 3. The lowest BCUT2D eigenvalue weighted by Crippen LogP contribution is -2.35. The summed E-state index contributed by atoms with van der Waals surface area (Å²) in [6, 6.07) is 3.62. The molecule has 90 valence electrons. The predicted octanol–water partition coefficient (Wildman–Crippen LogP) is 1.21. The zero-order chi connectivity index (χ0) is 11.7. The standard InChI is InChI=1S/C11H13ClN4O/c12-9-1-2-16-11(7-9)13-10(14-16)8-15-3-5-17-6-4-15/h1-2,7H,3-6,8H2. The van der Waals surface area contributed by atoms with Crippen LogP contribution in [0.3, 0.4) is 0 Å². The van der Waals surface area contributed by atoms with Gasteiger partial charge in [-0.15, -0.1) is 5.10 Å². The summed E-state index contributed by atoms with van der Waals surface area (Å²) in [5.74, 6) is 0.828. The number of morpholine rings is 1. The number of hydrogen-bond acceptors (Lipinski definition) is 4. The lowest BCUT2D eigenvalue weighted by atomic mass is 10.4. The van der Waals surface area contributed by atoms with E-state index in [-0.39, 0.29) is 0 Å². The van der Waals surface area contributed by atoms with Crippen LogP contribution in [0.4, 0.5) is 0 Å². The molecule has 5 nitrogen and oxygen atoms in total. The van der Waals surface area contributed by atoms with Crippen molar-refractivity contribution in [2.75, 3.05) is 26.3 Å². The minimum atomic E-state index is 0.683. The highest BCUT2D eigenvalue weighted by Gasteiger charge is 2.13. The molecule has 1 saturated heterocycles. The maximum absolute atomic E-state index is 5.91. The van der Waals surface area contributed by atoms with Crippen LogP contribution in [0.2, 0.25) is 5.02 Å². The molecule has 3 rings (SSSR count). The Morgan fingerprint density at radius 2 is 2.18 bits per heavy atom. The molecule has 0 spiro atoms. The molecule has 0 bridgehead atoms. The Balaban J connectivity index is 1.80. The zero-order valence-corrected chi connectivity index (χ0v) is 10.1. The molecule has 1 aliphatic rings. The molecule has 2 aromatic rings. The summed E-state index contributed by atoms with van der Waals surface area (Å²) < 4.78 is 7.06. The Morgan fingerprint density at radius 3 is 3.00 bits per heavy atom. The first-order valence-electron chi connectivity index (χ1n) is 5.62. The van der Waals surface area contributed by atoms with Gasteiger partial charge < -0.3 is 4.74 Å². The summed E-state index contributed by atoms with van der Waals surface area (Å²) in [4.78, 5) is 6.74. The average molecular weight is 253 g/mol. The maximum Gasteiger partial charge on any atom is 0.165 e. The van der Waals surface area contributed by atoms with Crippen LogP contribution < -0.4 is 0 Å². The largest absolute Gasteiger partial charge is 0.379 e. The van der Waals surface area contributed by atoms with Crippen molar-refractivity contribution < 1.29 is 4.74 Å². The Hall–Kier alpha value is -1.17. The molecule has 17 heavy (non-hydrogen) atoms. The van der Waals surface area contributed by atoms with E-state index >= 15 is 0 Å². The molecule has 1 fully saturated rings. The monoisotopic (exact) mass is 252 g/mol. The number of fused-ring (bicyclic) bond motifs is 1. The maximum atomic E-state index is 5.91. The molecule has 0 aromatic carbocycles. The van der Waals surface area contributed by atoms with Crippen molar-refractivity contribution in [2.45, 2.75) is 6.54 Å². The van der Waals surface area contributed by atoms with E-state index in [0.29, 0.717) is 5.02 Å². The van der Waals surface area contributed by atoms with Crippen LogP contribution in [0.1, 0.15) is 5.82 Å². The Morgan fingerprint density at radius 1 is 1.35 bits per heavy atom. The van der Waals surface area contributed by atoms with Crippen LogP contribution in [-0.4, -0.2) is 45.8 Å². The molecular formula is C11H13ClN4O. The third-order valence-electron chi connectivity index (χ3n) is 2.81. The minimum absolute atomic E-state index is 0.683. The molecule has 0 saturated carbocycles. The van der Waals surface area contributed by atoms with Crippen LogP contribution in [0.25, 0.3) is 5.65 Å². The topological polar surface area (TPSA) is 42.7 Å². The zero-order valence-electron chi connectivity index (χ0n) is 9.34. The van der Waals surface area contributed by atoms with Gasteiger partial charge in [-0.05, 0) is 6.07 Å². The predicted molar refractivity (Wildman–Crippen MR) is 64.1 cm³/mol. The van der Waals surface area contributed by atoms with E-state index < -0.39 is 0 Å². The van der Waals surface area contributed by atoms with Crippen LogP contribution in [0.5, 0.6) is 0 Å². The second kappa shape index (κ2) is 4.60. The summed E-state index contributed by atoms with van der Waals surface area (Å²) in [6.07, 6.45) is 1.83. The quantitative estimate of drug-likeness (QED) is 0.806. The highest BCUT2D eigenvalue weighted by molar-refractivity contribution is 6.30. The van der Waals surface area contributed by atoms with Gasteiger partial charge in [0.2, 0.25) is 0 Å². The van der Waals surface area contributed by atoms with E-state index in [9.17, 15) is 0 Å². The Labute approximate surface area is 104 Å². The summed E-state index contributed by atoms with van der Waals surface area (Å²) in [5.41, 5.74) is 0.792. The number of nitrogens with zero attached hydrogens (tertiary/aromatic N) is 4. The number of rotatable bonds is 2. The minimum Gasteiger partial charge on any atom is -0.379 e.